The summed E-state index contributed by atoms with van der Waals surface area (Å²) in [4.78, 5) is 40.6. The fourth-order valence-electron chi connectivity index (χ4n) is 4.33. The fraction of sp³-hybridized carbons (Fsp3) is 0.259. The quantitative estimate of drug-likeness (QED) is 0.435. The van der Waals surface area contributed by atoms with Crippen molar-refractivity contribution in [3.63, 3.8) is 0 Å². The Hall–Kier alpha value is -4.20. The number of aromatic nitrogens is 2. The van der Waals surface area contributed by atoms with E-state index in [9.17, 15) is 14.4 Å². The molecule has 0 aliphatic carbocycles. The Morgan fingerprint density at radius 2 is 1.69 bits per heavy atom. The molecule has 1 aliphatic heterocycles. The lowest BCUT2D eigenvalue weighted by atomic mass is 10.1. The highest BCUT2D eigenvalue weighted by Crippen LogP contribution is 2.25. The highest BCUT2D eigenvalue weighted by molar-refractivity contribution is 5.95. The first-order valence-corrected chi connectivity index (χ1v) is 11.7. The van der Waals surface area contributed by atoms with Gasteiger partial charge >= 0.3 is 0 Å². The van der Waals surface area contributed by atoms with Gasteiger partial charge in [0.15, 0.2) is 5.75 Å². The largest absolute Gasteiger partial charge is 0.485 e. The number of aromatic amines is 1. The summed E-state index contributed by atoms with van der Waals surface area (Å²) in [5, 5.41) is 8.42. The molecule has 0 atom stereocenters. The summed E-state index contributed by atoms with van der Waals surface area (Å²) in [5.41, 5.74) is 2.70. The highest BCUT2D eigenvalue weighted by atomic mass is 16.5. The zero-order chi connectivity index (χ0) is 24.5. The van der Waals surface area contributed by atoms with E-state index in [2.05, 4.69) is 10.2 Å². The van der Waals surface area contributed by atoms with Crippen molar-refractivity contribution < 1.29 is 9.53 Å². The van der Waals surface area contributed by atoms with Crippen LogP contribution in [0.3, 0.4) is 0 Å². The molecule has 1 amide bonds. The van der Waals surface area contributed by atoms with Crippen LogP contribution in [0.5, 0.6) is 5.75 Å². The average molecular weight is 471 g/mol. The van der Waals surface area contributed by atoms with E-state index in [-0.39, 0.29) is 17.8 Å². The molecule has 0 saturated carbocycles. The molecule has 0 radical (unpaired) electrons. The molecule has 35 heavy (non-hydrogen) atoms. The summed E-state index contributed by atoms with van der Waals surface area (Å²) in [5.74, 6) is 0.0957. The van der Waals surface area contributed by atoms with E-state index >= 15 is 0 Å². The van der Waals surface area contributed by atoms with Gasteiger partial charge in [0.25, 0.3) is 16.8 Å². The maximum absolute atomic E-state index is 13.0. The maximum Gasteiger partial charge on any atom is 0.272 e. The number of ether oxygens (including phenoxy) is 1. The smallest absolute Gasteiger partial charge is 0.272 e. The van der Waals surface area contributed by atoms with Crippen LogP contribution in [0.15, 0.2) is 58.1 Å². The number of nitrogens with zero attached hydrogens (tertiary/aromatic N) is 3. The molecule has 1 N–H and O–H groups in total. The minimum atomic E-state index is -0.568. The van der Waals surface area contributed by atoms with Crippen LogP contribution < -0.4 is 20.5 Å². The summed E-state index contributed by atoms with van der Waals surface area (Å²) in [6.07, 6.45) is 3.74. The van der Waals surface area contributed by atoms with Crippen molar-refractivity contribution in [3.05, 3.63) is 85.8 Å². The Morgan fingerprint density at radius 1 is 0.971 bits per heavy atom. The number of para-hydroxylation sites is 1. The summed E-state index contributed by atoms with van der Waals surface area (Å²) in [7, 11) is 0. The lowest BCUT2D eigenvalue weighted by Gasteiger charge is -2.37. The number of carbonyl (C=O) groups is 1. The van der Waals surface area contributed by atoms with Gasteiger partial charge in [0.05, 0.1) is 17.3 Å². The number of H-pyrrole nitrogens is 1. The number of nitrogens with one attached hydrogen (secondary N) is 1. The molecule has 2 heterocycles. The van der Waals surface area contributed by atoms with Gasteiger partial charge in [-0.1, -0.05) is 36.4 Å². The van der Waals surface area contributed by atoms with Gasteiger partial charge in [-0.2, -0.15) is 5.10 Å². The summed E-state index contributed by atoms with van der Waals surface area (Å²) in [6.45, 7) is 5.52. The van der Waals surface area contributed by atoms with Gasteiger partial charge in [-0.05, 0) is 43.7 Å². The van der Waals surface area contributed by atoms with E-state index in [0.29, 0.717) is 37.4 Å². The minimum Gasteiger partial charge on any atom is -0.485 e. The molecule has 8 heteroatoms. The number of anilines is 1. The molecule has 0 spiro atoms. The van der Waals surface area contributed by atoms with Crippen LogP contribution in [-0.2, 0) is 0 Å². The average Bonchev–Trinajstić information content (AvgIpc) is 3.30. The van der Waals surface area contributed by atoms with Crippen molar-refractivity contribution in [2.24, 2.45) is 0 Å². The number of amides is 1. The zero-order valence-corrected chi connectivity index (χ0v) is 19.7. The summed E-state index contributed by atoms with van der Waals surface area (Å²) in [6, 6.07) is 15.4. The third-order valence-corrected chi connectivity index (χ3v) is 6.17. The number of carbonyl (C=O) groups excluding carboxylic acids is 1. The van der Waals surface area contributed by atoms with Crippen LogP contribution in [0.2, 0.25) is 0 Å². The molecule has 8 nitrogen and oxygen atoms in total. The van der Waals surface area contributed by atoms with Crippen molar-refractivity contribution in [2.75, 3.05) is 31.1 Å². The maximum atomic E-state index is 13.0. The molecule has 1 aliphatic rings. The third kappa shape index (κ3) is 4.35. The van der Waals surface area contributed by atoms with E-state index in [4.69, 9.17) is 4.74 Å². The molecule has 5 rings (SSSR count). The van der Waals surface area contributed by atoms with Gasteiger partial charge in [0.1, 0.15) is 5.69 Å². The van der Waals surface area contributed by atoms with Crippen molar-refractivity contribution in [1.29, 1.82) is 0 Å². The first-order valence-electron chi connectivity index (χ1n) is 11.7. The number of fused-ring (bicyclic) bond motifs is 1. The Bertz CT molecular complexity index is 1470. The van der Waals surface area contributed by atoms with Gasteiger partial charge in [0.2, 0.25) is 0 Å². The normalized spacial score (nSPS) is 14.5. The predicted octanol–water partition coefficient (Wildman–Crippen LogP) is 3.08. The SMILES string of the molecule is CC(C)Oc1c(N2CCN(C(=O)c3ccc(C=Cc4n[nH]c5ccccc45)cc3)CC2)c(=O)c1=O. The lowest BCUT2D eigenvalue weighted by molar-refractivity contribution is 0.0746. The molecule has 178 valence electrons. The molecular weight excluding hydrogens is 444 g/mol. The minimum absolute atomic E-state index is 0.0536. The predicted molar refractivity (Wildman–Crippen MR) is 137 cm³/mol. The van der Waals surface area contributed by atoms with E-state index in [1.54, 1.807) is 4.90 Å². The Kier molecular flexibility index (Phi) is 5.94. The molecule has 3 aromatic carbocycles. The van der Waals surface area contributed by atoms with Gasteiger partial charge in [-0.15, -0.1) is 0 Å². The highest BCUT2D eigenvalue weighted by Gasteiger charge is 2.31. The van der Waals surface area contributed by atoms with Crippen molar-refractivity contribution >= 4 is 34.6 Å². The number of rotatable bonds is 6. The van der Waals surface area contributed by atoms with E-state index in [0.717, 1.165) is 22.2 Å². The van der Waals surface area contributed by atoms with Crippen LogP contribution in [0, 0.1) is 0 Å². The monoisotopic (exact) mass is 470 g/mol. The zero-order valence-electron chi connectivity index (χ0n) is 19.7. The second-order valence-electron chi connectivity index (χ2n) is 8.89. The molecule has 4 aromatic rings. The molecule has 1 fully saturated rings. The fourth-order valence-corrected chi connectivity index (χ4v) is 4.33. The van der Waals surface area contributed by atoms with Gasteiger partial charge in [0, 0.05) is 37.1 Å². The number of benzene rings is 2. The first-order chi connectivity index (χ1) is 16.9. The van der Waals surface area contributed by atoms with Crippen molar-refractivity contribution in [2.45, 2.75) is 20.0 Å². The molecule has 0 bridgehead atoms. The lowest BCUT2D eigenvalue weighted by Crippen LogP contribution is -2.52. The van der Waals surface area contributed by atoms with Crippen LogP contribution in [0.25, 0.3) is 23.1 Å². The number of hydrogen-bond acceptors (Lipinski definition) is 6. The molecule has 0 unspecified atom stereocenters. The second-order valence-corrected chi connectivity index (χ2v) is 8.89. The number of piperazine rings is 1. The van der Waals surface area contributed by atoms with E-state index < -0.39 is 10.9 Å². The van der Waals surface area contributed by atoms with Gasteiger partial charge < -0.3 is 14.5 Å². The van der Waals surface area contributed by atoms with Crippen molar-refractivity contribution in [3.8, 4) is 5.75 Å². The van der Waals surface area contributed by atoms with Crippen LogP contribution in [0.4, 0.5) is 5.69 Å². The standard InChI is InChI=1S/C27H26N4O4/c1-17(2)35-26-23(24(32)25(26)33)30-13-15-31(16-14-30)27(34)19-10-7-18(8-11-19)9-12-22-20-5-3-4-6-21(20)28-29-22/h3-12,17H,13-16H2,1-2H3,(H,28,29). The Labute approximate surface area is 202 Å². The van der Waals surface area contributed by atoms with Crippen molar-refractivity contribution in [1.82, 2.24) is 15.1 Å². The van der Waals surface area contributed by atoms with E-state index in [1.807, 2.05) is 79.4 Å². The second kappa shape index (κ2) is 9.21. The summed E-state index contributed by atoms with van der Waals surface area (Å²) >= 11 is 0. The van der Waals surface area contributed by atoms with E-state index in [1.165, 1.54) is 0 Å². The third-order valence-electron chi connectivity index (χ3n) is 6.17. The van der Waals surface area contributed by atoms with Crippen LogP contribution in [-0.4, -0.2) is 53.3 Å². The first kappa shape index (κ1) is 22.6. The van der Waals surface area contributed by atoms with Gasteiger partial charge in [-0.3, -0.25) is 19.5 Å². The topological polar surface area (TPSA) is 95.6 Å². The van der Waals surface area contributed by atoms with Gasteiger partial charge in [-0.25, -0.2) is 0 Å². The number of hydrogen-bond donors (Lipinski definition) is 1. The molecule has 1 aromatic heterocycles. The Morgan fingerprint density at radius 3 is 2.40 bits per heavy atom. The van der Waals surface area contributed by atoms with Crippen LogP contribution in [0.1, 0.15) is 35.5 Å². The molecular formula is C27H26N4O4. The summed E-state index contributed by atoms with van der Waals surface area (Å²) < 4.78 is 5.53. The molecule has 1 saturated heterocycles. The Balaban J connectivity index is 1.21. The van der Waals surface area contributed by atoms with Crippen LogP contribution >= 0.6 is 0 Å².